The zero-order valence-electron chi connectivity index (χ0n) is 13.9. The van der Waals surface area contributed by atoms with Crippen molar-refractivity contribution in [2.45, 2.75) is 44.1 Å². The third-order valence-electron chi connectivity index (χ3n) is 3.40. The van der Waals surface area contributed by atoms with Gasteiger partial charge in [0.05, 0.1) is 10.9 Å². The highest BCUT2D eigenvalue weighted by Crippen LogP contribution is 2.27. The van der Waals surface area contributed by atoms with E-state index in [1.54, 1.807) is 12.1 Å². The minimum absolute atomic E-state index is 0.0244. The molecule has 0 aliphatic carbocycles. The fourth-order valence-corrected chi connectivity index (χ4v) is 3.25. The lowest BCUT2D eigenvalue weighted by Gasteiger charge is -2.19. The van der Waals surface area contributed by atoms with Crippen molar-refractivity contribution in [1.29, 1.82) is 0 Å². The number of hydrogen-bond donors (Lipinski definition) is 2. The van der Waals surface area contributed by atoms with Crippen molar-refractivity contribution < 1.29 is 9.18 Å². The van der Waals surface area contributed by atoms with Crippen LogP contribution in [-0.2, 0) is 11.3 Å². The number of amides is 1. The van der Waals surface area contributed by atoms with Crippen LogP contribution in [0.3, 0.4) is 0 Å². The lowest BCUT2D eigenvalue weighted by molar-refractivity contribution is -0.116. The molecule has 8 heteroatoms. The maximum absolute atomic E-state index is 13.7. The normalized spacial score (nSPS) is 12.4. The average Bonchev–Trinajstić information content (AvgIpc) is 2.88. The van der Waals surface area contributed by atoms with E-state index >= 15 is 0 Å². The topological polar surface area (TPSA) is 79.8 Å². The minimum Gasteiger partial charge on any atom is -0.323 e. The molecule has 0 spiro atoms. The van der Waals surface area contributed by atoms with Crippen LogP contribution in [0.5, 0.6) is 0 Å². The van der Waals surface area contributed by atoms with Crippen LogP contribution in [0.25, 0.3) is 0 Å². The molecule has 0 radical (unpaired) electrons. The molecule has 1 aromatic carbocycles. The molecular weight excluding hydrogens is 331 g/mol. The molecule has 6 nitrogen and oxygen atoms in total. The Labute approximate surface area is 143 Å². The van der Waals surface area contributed by atoms with Gasteiger partial charge in [-0.1, -0.05) is 44.7 Å². The summed E-state index contributed by atoms with van der Waals surface area (Å²) < 4.78 is 15.2. The third kappa shape index (κ3) is 4.25. The molecule has 1 atom stereocenters. The fourth-order valence-electron chi connectivity index (χ4n) is 2.19. The summed E-state index contributed by atoms with van der Waals surface area (Å²) >= 11 is 1.20. The van der Waals surface area contributed by atoms with Gasteiger partial charge in [-0.15, -0.1) is 5.10 Å². The first kappa shape index (κ1) is 18.3. The predicted octanol–water partition coefficient (Wildman–Crippen LogP) is 2.88. The van der Waals surface area contributed by atoms with Gasteiger partial charge in [-0.2, -0.15) is 0 Å². The minimum atomic E-state index is -0.504. The summed E-state index contributed by atoms with van der Waals surface area (Å²) in [5.74, 6) is -0.830. The van der Waals surface area contributed by atoms with Crippen LogP contribution in [0.2, 0.25) is 0 Å². The fraction of sp³-hybridized carbons (Fsp3) is 0.438. The number of H-pyrrole nitrogens is 1. The van der Waals surface area contributed by atoms with Crippen molar-refractivity contribution in [3.63, 3.8) is 0 Å². The Bertz CT molecular complexity index is 757. The molecule has 2 aromatic rings. The molecule has 0 saturated carbocycles. The highest BCUT2D eigenvalue weighted by atomic mass is 32.2. The molecule has 0 aliphatic heterocycles. The van der Waals surface area contributed by atoms with Gasteiger partial charge in [0.15, 0.2) is 5.16 Å². The summed E-state index contributed by atoms with van der Waals surface area (Å²) in [4.78, 5) is 24.3. The number of anilines is 1. The molecular formula is C16H21FN4O2S. The Morgan fingerprint density at radius 3 is 2.75 bits per heavy atom. The number of nitrogens with one attached hydrogen (secondary N) is 2. The Morgan fingerprint density at radius 2 is 2.12 bits per heavy atom. The van der Waals surface area contributed by atoms with Gasteiger partial charge in [-0.05, 0) is 24.5 Å². The van der Waals surface area contributed by atoms with Crippen LogP contribution < -0.4 is 11.0 Å². The highest BCUT2D eigenvalue weighted by Gasteiger charge is 2.26. The molecule has 0 saturated heterocycles. The van der Waals surface area contributed by atoms with E-state index in [9.17, 15) is 14.0 Å². The van der Waals surface area contributed by atoms with Crippen LogP contribution in [-0.4, -0.2) is 25.9 Å². The zero-order valence-corrected chi connectivity index (χ0v) is 14.7. The van der Waals surface area contributed by atoms with Crippen LogP contribution >= 0.6 is 11.8 Å². The van der Waals surface area contributed by atoms with E-state index in [4.69, 9.17) is 0 Å². The lowest BCUT2D eigenvalue weighted by Crippen LogP contribution is -2.30. The number of carbonyl (C=O) groups excluding carboxylic acids is 1. The summed E-state index contributed by atoms with van der Waals surface area (Å²) in [6.07, 6.45) is 0.779. The molecule has 1 heterocycles. The first-order valence-electron chi connectivity index (χ1n) is 7.81. The van der Waals surface area contributed by atoms with E-state index in [1.807, 2.05) is 20.8 Å². The predicted molar refractivity (Wildman–Crippen MR) is 92.7 cm³/mol. The van der Waals surface area contributed by atoms with E-state index in [0.717, 1.165) is 6.42 Å². The number of hydrogen-bond acceptors (Lipinski definition) is 4. The Hall–Kier alpha value is -2.09. The van der Waals surface area contributed by atoms with Gasteiger partial charge in [-0.3, -0.25) is 9.36 Å². The molecule has 1 aromatic heterocycles. The number of aromatic nitrogens is 3. The lowest BCUT2D eigenvalue weighted by atomic mass is 10.1. The third-order valence-corrected chi connectivity index (χ3v) is 4.93. The number of nitrogens with zero attached hydrogens (tertiary/aromatic N) is 2. The molecule has 0 aliphatic rings. The standard InChI is InChI=1S/C16H21FN4O2S/c1-4-9-21-15(23)19-20-16(21)24-13(10(2)3)14(22)18-12-8-6-5-7-11(12)17/h5-8,10,13H,4,9H2,1-3H3,(H,18,22)(H,19,23). The smallest absolute Gasteiger partial charge is 0.323 e. The van der Waals surface area contributed by atoms with Crippen LogP contribution in [0, 0.1) is 11.7 Å². The summed E-state index contributed by atoms with van der Waals surface area (Å²) in [5, 5.41) is 8.97. The zero-order chi connectivity index (χ0) is 17.7. The van der Waals surface area contributed by atoms with Crippen LogP contribution in [0.15, 0.2) is 34.2 Å². The SMILES string of the molecule is CCCn1c(SC(C(=O)Nc2ccccc2F)C(C)C)n[nH]c1=O. The van der Waals surface area contributed by atoms with Crippen molar-refractivity contribution in [2.75, 3.05) is 5.32 Å². The summed E-state index contributed by atoms with van der Waals surface area (Å²) in [6, 6.07) is 6.02. The molecule has 2 N–H and O–H groups in total. The second kappa shape index (κ2) is 8.14. The van der Waals surface area contributed by atoms with Crippen LogP contribution in [0.1, 0.15) is 27.2 Å². The van der Waals surface area contributed by atoms with Gasteiger partial charge in [0.1, 0.15) is 5.82 Å². The van der Waals surface area contributed by atoms with E-state index < -0.39 is 11.1 Å². The number of benzene rings is 1. The maximum atomic E-state index is 13.7. The van der Waals surface area contributed by atoms with Crippen molar-refractivity contribution in [3.05, 3.63) is 40.6 Å². The van der Waals surface area contributed by atoms with E-state index in [2.05, 4.69) is 15.5 Å². The van der Waals surface area contributed by atoms with E-state index in [1.165, 1.54) is 28.5 Å². The number of thioether (sulfide) groups is 1. The molecule has 0 bridgehead atoms. The van der Waals surface area contributed by atoms with E-state index in [-0.39, 0.29) is 23.2 Å². The van der Waals surface area contributed by atoms with Crippen molar-refractivity contribution in [2.24, 2.45) is 5.92 Å². The summed E-state index contributed by atoms with van der Waals surface area (Å²) in [5.41, 5.74) is -0.155. The van der Waals surface area contributed by atoms with Gasteiger partial charge in [-0.25, -0.2) is 14.3 Å². The number of rotatable bonds is 7. The van der Waals surface area contributed by atoms with Crippen molar-refractivity contribution in [3.8, 4) is 0 Å². The molecule has 1 amide bonds. The molecule has 130 valence electrons. The van der Waals surface area contributed by atoms with Crippen molar-refractivity contribution in [1.82, 2.24) is 14.8 Å². The number of aromatic amines is 1. The largest absolute Gasteiger partial charge is 0.343 e. The first-order valence-corrected chi connectivity index (χ1v) is 8.69. The second-order valence-electron chi connectivity index (χ2n) is 5.71. The van der Waals surface area contributed by atoms with E-state index in [0.29, 0.717) is 11.7 Å². The Kier molecular flexibility index (Phi) is 6.19. The number of halogens is 1. The molecule has 24 heavy (non-hydrogen) atoms. The summed E-state index contributed by atoms with van der Waals surface area (Å²) in [7, 11) is 0. The maximum Gasteiger partial charge on any atom is 0.343 e. The van der Waals surface area contributed by atoms with Gasteiger partial charge >= 0.3 is 5.69 Å². The number of para-hydroxylation sites is 1. The van der Waals surface area contributed by atoms with Gasteiger partial charge in [0.25, 0.3) is 0 Å². The quantitative estimate of drug-likeness (QED) is 0.751. The second-order valence-corrected chi connectivity index (χ2v) is 6.82. The van der Waals surface area contributed by atoms with Crippen LogP contribution in [0.4, 0.5) is 10.1 Å². The monoisotopic (exact) mass is 352 g/mol. The Morgan fingerprint density at radius 1 is 1.42 bits per heavy atom. The Balaban J connectivity index is 2.19. The highest BCUT2D eigenvalue weighted by molar-refractivity contribution is 8.00. The number of carbonyl (C=O) groups is 1. The molecule has 1 unspecified atom stereocenters. The summed E-state index contributed by atoms with van der Waals surface area (Å²) in [6.45, 7) is 6.27. The molecule has 0 fully saturated rings. The van der Waals surface area contributed by atoms with Gasteiger partial charge in [0, 0.05) is 6.54 Å². The van der Waals surface area contributed by atoms with Gasteiger partial charge < -0.3 is 5.32 Å². The average molecular weight is 352 g/mol. The van der Waals surface area contributed by atoms with Crippen molar-refractivity contribution >= 4 is 23.4 Å². The molecule has 2 rings (SSSR count). The van der Waals surface area contributed by atoms with Gasteiger partial charge in [0.2, 0.25) is 5.91 Å². The first-order chi connectivity index (χ1) is 11.4.